The molecule has 1 saturated heterocycles. The molecule has 4 rings (SSSR count). The predicted molar refractivity (Wildman–Crippen MR) is 113 cm³/mol. The van der Waals surface area contributed by atoms with Crippen LogP contribution in [0.25, 0.3) is 5.65 Å². The predicted octanol–water partition coefficient (Wildman–Crippen LogP) is 3.34. The van der Waals surface area contributed by atoms with Crippen molar-refractivity contribution in [1.29, 1.82) is 0 Å². The number of aliphatic imine (C=N–C) groups is 1. The van der Waals surface area contributed by atoms with Crippen molar-refractivity contribution >= 4 is 35.6 Å². The second kappa shape index (κ2) is 7.93. The van der Waals surface area contributed by atoms with E-state index < -0.39 is 0 Å². The van der Waals surface area contributed by atoms with E-state index in [0.717, 1.165) is 43.4 Å². The first-order valence-corrected chi connectivity index (χ1v) is 9.24. The van der Waals surface area contributed by atoms with Crippen molar-refractivity contribution in [1.82, 2.24) is 19.6 Å². The molecule has 6 heteroatoms. The molecule has 136 valence electrons. The van der Waals surface area contributed by atoms with E-state index in [9.17, 15) is 0 Å². The van der Waals surface area contributed by atoms with Gasteiger partial charge in [-0.05, 0) is 43.7 Å². The van der Waals surface area contributed by atoms with Crippen LogP contribution in [0.4, 0.5) is 0 Å². The second-order valence-corrected chi connectivity index (χ2v) is 7.21. The average molecular weight is 453 g/mol. The smallest absolute Gasteiger partial charge is 0.193 e. The highest BCUT2D eigenvalue weighted by Gasteiger charge is 2.43. The molecule has 2 aromatic heterocycles. The third-order valence-electron chi connectivity index (χ3n) is 5.53. The van der Waals surface area contributed by atoms with Crippen LogP contribution in [0.3, 0.4) is 0 Å². The molecule has 0 unspecified atom stereocenters. The lowest BCUT2D eigenvalue weighted by Gasteiger charge is -2.38. The molecule has 1 aliphatic heterocycles. The molecule has 1 N–H and O–H groups in total. The normalized spacial score (nSPS) is 19.1. The Morgan fingerprint density at radius 3 is 2.88 bits per heavy atom. The first-order valence-electron chi connectivity index (χ1n) is 9.24. The summed E-state index contributed by atoms with van der Waals surface area (Å²) in [5.74, 6) is 1.09. The summed E-state index contributed by atoms with van der Waals surface area (Å²) in [7, 11) is 0. The third-order valence-corrected chi connectivity index (χ3v) is 5.53. The molecule has 2 aromatic rings. The van der Waals surface area contributed by atoms with Crippen LogP contribution < -0.4 is 5.32 Å². The van der Waals surface area contributed by atoms with Crippen LogP contribution in [0.5, 0.6) is 0 Å². The summed E-state index contributed by atoms with van der Waals surface area (Å²) in [6.07, 6.45) is 10.6. The first-order chi connectivity index (χ1) is 11.8. The van der Waals surface area contributed by atoms with Gasteiger partial charge in [-0.25, -0.2) is 4.98 Å². The molecule has 0 bridgehead atoms. The van der Waals surface area contributed by atoms with Gasteiger partial charge in [0.25, 0.3) is 0 Å². The molecule has 0 aromatic carbocycles. The van der Waals surface area contributed by atoms with E-state index in [1.54, 1.807) is 0 Å². The SMILES string of the molecule is CCNC(=NCCc1cn2ccccc2n1)N1CCC2(CCC2)C1.I. The molecule has 3 heterocycles. The van der Waals surface area contributed by atoms with Crippen LogP contribution in [0.15, 0.2) is 35.6 Å². The number of nitrogens with zero attached hydrogens (tertiary/aromatic N) is 4. The number of nitrogens with one attached hydrogen (secondary N) is 1. The number of fused-ring (bicyclic) bond motifs is 1. The van der Waals surface area contributed by atoms with Crippen molar-refractivity contribution in [2.24, 2.45) is 10.4 Å². The van der Waals surface area contributed by atoms with E-state index in [-0.39, 0.29) is 24.0 Å². The lowest BCUT2D eigenvalue weighted by Crippen LogP contribution is -2.42. The van der Waals surface area contributed by atoms with Crippen LogP contribution in [0, 0.1) is 5.41 Å². The molecule has 1 spiro atoms. The number of likely N-dealkylation sites (tertiary alicyclic amines) is 1. The number of halogens is 1. The Bertz CT molecular complexity index is 701. The van der Waals surface area contributed by atoms with Crippen LogP contribution >= 0.6 is 24.0 Å². The van der Waals surface area contributed by atoms with Crippen molar-refractivity contribution in [2.75, 3.05) is 26.2 Å². The fraction of sp³-hybridized carbons (Fsp3) is 0.579. The Labute approximate surface area is 166 Å². The Morgan fingerprint density at radius 2 is 2.20 bits per heavy atom. The van der Waals surface area contributed by atoms with Crippen LogP contribution in [0.1, 0.15) is 38.3 Å². The van der Waals surface area contributed by atoms with Gasteiger partial charge < -0.3 is 14.6 Å². The highest BCUT2D eigenvalue weighted by Crippen LogP contribution is 2.47. The molecule has 5 nitrogen and oxygen atoms in total. The lowest BCUT2D eigenvalue weighted by atomic mass is 9.68. The molecule has 2 fully saturated rings. The van der Waals surface area contributed by atoms with Crippen LogP contribution in [-0.2, 0) is 6.42 Å². The zero-order valence-electron chi connectivity index (χ0n) is 14.9. The van der Waals surface area contributed by atoms with Crippen LogP contribution in [-0.4, -0.2) is 46.4 Å². The number of hydrogen-bond donors (Lipinski definition) is 1. The summed E-state index contributed by atoms with van der Waals surface area (Å²) in [6, 6.07) is 6.10. The van der Waals surface area contributed by atoms with Gasteiger partial charge in [0, 0.05) is 45.0 Å². The van der Waals surface area contributed by atoms with E-state index in [2.05, 4.69) is 32.7 Å². The summed E-state index contributed by atoms with van der Waals surface area (Å²) in [6.45, 7) is 6.20. The summed E-state index contributed by atoms with van der Waals surface area (Å²) in [4.78, 5) is 12.0. The van der Waals surface area contributed by atoms with Gasteiger partial charge in [-0.3, -0.25) is 4.99 Å². The number of imidazole rings is 1. The van der Waals surface area contributed by atoms with Crippen molar-refractivity contribution < 1.29 is 0 Å². The Morgan fingerprint density at radius 1 is 1.32 bits per heavy atom. The van der Waals surface area contributed by atoms with E-state index in [1.807, 2.05) is 24.4 Å². The molecular formula is C19H28IN5. The monoisotopic (exact) mass is 453 g/mol. The van der Waals surface area contributed by atoms with Gasteiger partial charge in [0.15, 0.2) is 5.96 Å². The maximum Gasteiger partial charge on any atom is 0.193 e. The fourth-order valence-corrected chi connectivity index (χ4v) is 4.01. The van der Waals surface area contributed by atoms with E-state index in [0.29, 0.717) is 5.41 Å². The first kappa shape index (κ1) is 18.5. The van der Waals surface area contributed by atoms with Crippen molar-refractivity contribution in [3.63, 3.8) is 0 Å². The Hall–Kier alpha value is -1.31. The molecule has 0 amide bonds. The third kappa shape index (κ3) is 3.93. The number of pyridine rings is 1. The van der Waals surface area contributed by atoms with Crippen LogP contribution in [0.2, 0.25) is 0 Å². The van der Waals surface area contributed by atoms with Gasteiger partial charge in [0.1, 0.15) is 5.65 Å². The lowest BCUT2D eigenvalue weighted by molar-refractivity contribution is 0.151. The molecule has 0 atom stereocenters. The average Bonchev–Trinajstić information content (AvgIpc) is 3.18. The van der Waals surface area contributed by atoms with E-state index in [4.69, 9.17) is 4.99 Å². The second-order valence-electron chi connectivity index (χ2n) is 7.21. The van der Waals surface area contributed by atoms with Gasteiger partial charge in [0.2, 0.25) is 0 Å². The number of guanidine groups is 1. The molecule has 1 saturated carbocycles. The van der Waals surface area contributed by atoms with Crippen molar-refractivity contribution in [3.05, 3.63) is 36.3 Å². The highest BCUT2D eigenvalue weighted by atomic mass is 127. The van der Waals surface area contributed by atoms with Gasteiger partial charge in [-0.1, -0.05) is 12.5 Å². The molecule has 2 aliphatic rings. The molecule has 1 aliphatic carbocycles. The summed E-state index contributed by atoms with van der Waals surface area (Å²) < 4.78 is 2.07. The fourth-order valence-electron chi connectivity index (χ4n) is 4.01. The summed E-state index contributed by atoms with van der Waals surface area (Å²) in [5.41, 5.74) is 2.73. The maximum atomic E-state index is 4.87. The van der Waals surface area contributed by atoms with Gasteiger partial charge >= 0.3 is 0 Å². The Balaban J connectivity index is 0.00000182. The van der Waals surface area contributed by atoms with Crippen molar-refractivity contribution in [3.8, 4) is 0 Å². The quantitative estimate of drug-likeness (QED) is 0.439. The number of hydrogen-bond acceptors (Lipinski definition) is 2. The minimum absolute atomic E-state index is 0. The topological polar surface area (TPSA) is 44.9 Å². The molecular weight excluding hydrogens is 425 g/mol. The maximum absolute atomic E-state index is 4.87. The number of aromatic nitrogens is 2. The van der Waals surface area contributed by atoms with E-state index in [1.165, 1.54) is 32.2 Å². The minimum atomic E-state index is 0. The highest BCUT2D eigenvalue weighted by molar-refractivity contribution is 14.0. The number of rotatable bonds is 4. The van der Waals surface area contributed by atoms with Gasteiger partial charge in [0.05, 0.1) is 5.69 Å². The summed E-state index contributed by atoms with van der Waals surface area (Å²) in [5, 5.41) is 3.47. The van der Waals surface area contributed by atoms with E-state index >= 15 is 0 Å². The molecule has 25 heavy (non-hydrogen) atoms. The standard InChI is InChI=1S/C19H27N5.HI/c1-2-20-18(24-13-10-19(15-24)8-5-9-19)21-11-7-16-14-23-12-4-3-6-17(23)22-16;/h3-4,6,12,14H,2,5,7-11,13,15H2,1H3,(H,20,21);1H. The zero-order valence-corrected chi connectivity index (χ0v) is 17.3. The minimum Gasteiger partial charge on any atom is -0.357 e. The van der Waals surface area contributed by atoms with Gasteiger partial charge in [-0.2, -0.15) is 0 Å². The molecule has 0 radical (unpaired) electrons. The van der Waals surface area contributed by atoms with Crippen molar-refractivity contribution in [2.45, 2.75) is 39.0 Å². The zero-order chi connectivity index (χ0) is 16.4. The van der Waals surface area contributed by atoms with Gasteiger partial charge in [-0.15, -0.1) is 24.0 Å². The summed E-state index contributed by atoms with van der Waals surface area (Å²) >= 11 is 0. The Kier molecular flexibility index (Phi) is 5.86. The largest absolute Gasteiger partial charge is 0.357 e.